The summed E-state index contributed by atoms with van der Waals surface area (Å²) in [5.74, 6) is 1.20. The SMILES string of the molecule is CN=C(NCCCc1ccc(O)cc1)NC1CCN(Cc2ccccn2)CC1.I. The van der Waals surface area contributed by atoms with Crippen molar-refractivity contribution in [1.82, 2.24) is 20.5 Å². The van der Waals surface area contributed by atoms with E-state index in [0.717, 1.165) is 63.5 Å². The topological polar surface area (TPSA) is 72.8 Å². The fraction of sp³-hybridized carbons (Fsp3) is 0.455. The monoisotopic (exact) mass is 509 g/mol. The number of rotatable bonds is 7. The lowest BCUT2D eigenvalue weighted by molar-refractivity contribution is 0.196. The van der Waals surface area contributed by atoms with Crippen molar-refractivity contribution in [2.45, 2.75) is 38.3 Å². The van der Waals surface area contributed by atoms with Crippen LogP contribution in [0.4, 0.5) is 0 Å². The van der Waals surface area contributed by atoms with Crippen LogP contribution in [0.15, 0.2) is 53.7 Å². The van der Waals surface area contributed by atoms with Gasteiger partial charge in [0, 0.05) is 45.5 Å². The van der Waals surface area contributed by atoms with Crippen molar-refractivity contribution < 1.29 is 5.11 Å². The number of halogens is 1. The Hall–Kier alpha value is -1.87. The quantitative estimate of drug-likeness (QED) is 0.232. The zero-order chi connectivity index (χ0) is 19.6. The summed E-state index contributed by atoms with van der Waals surface area (Å²) in [6, 6.07) is 14.0. The average Bonchev–Trinajstić information content (AvgIpc) is 2.73. The van der Waals surface area contributed by atoms with Gasteiger partial charge in [-0.3, -0.25) is 14.9 Å². The van der Waals surface area contributed by atoms with Crippen LogP contribution in [0.3, 0.4) is 0 Å². The second-order valence-electron chi connectivity index (χ2n) is 7.28. The first-order chi connectivity index (χ1) is 13.7. The zero-order valence-corrected chi connectivity index (χ0v) is 19.4. The van der Waals surface area contributed by atoms with E-state index in [0.29, 0.717) is 11.8 Å². The lowest BCUT2D eigenvalue weighted by Gasteiger charge is -2.32. The molecule has 0 unspecified atom stereocenters. The van der Waals surface area contributed by atoms with E-state index in [2.05, 4.69) is 31.6 Å². The number of pyridine rings is 1. The molecule has 3 rings (SSSR count). The highest BCUT2D eigenvalue weighted by atomic mass is 127. The first-order valence-electron chi connectivity index (χ1n) is 10.1. The Balaban J connectivity index is 0.00000300. The highest BCUT2D eigenvalue weighted by Gasteiger charge is 2.20. The Morgan fingerprint density at radius 2 is 1.93 bits per heavy atom. The summed E-state index contributed by atoms with van der Waals surface area (Å²) in [6.45, 7) is 3.95. The van der Waals surface area contributed by atoms with Crippen molar-refractivity contribution in [1.29, 1.82) is 0 Å². The van der Waals surface area contributed by atoms with E-state index in [1.165, 1.54) is 5.56 Å². The van der Waals surface area contributed by atoms with Gasteiger partial charge in [-0.2, -0.15) is 0 Å². The molecule has 29 heavy (non-hydrogen) atoms. The minimum Gasteiger partial charge on any atom is -0.508 e. The van der Waals surface area contributed by atoms with E-state index in [-0.39, 0.29) is 24.0 Å². The van der Waals surface area contributed by atoms with Crippen molar-refractivity contribution in [2.24, 2.45) is 4.99 Å². The number of nitrogens with zero attached hydrogens (tertiary/aromatic N) is 3. The number of nitrogens with one attached hydrogen (secondary N) is 2. The summed E-state index contributed by atoms with van der Waals surface area (Å²) in [4.78, 5) is 11.3. The summed E-state index contributed by atoms with van der Waals surface area (Å²) < 4.78 is 0. The molecule has 0 spiro atoms. The molecule has 0 amide bonds. The molecule has 1 fully saturated rings. The second-order valence-corrected chi connectivity index (χ2v) is 7.28. The Morgan fingerprint density at radius 1 is 1.17 bits per heavy atom. The molecule has 0 aliphatic carbocycles. The van der Waals surface area contributed by atoms with Gasteiger partial charge < -0.3 is 15.7 Å². The van der Waals surface area contributed by atoms with Crippen molar-refractivity contribution in [2.75, 3.05) is 26.7 Å². The number of piperidine rings is 1. The highest BCUT2D eigenvalue weighted by molar-refractivity contribution is 14.0. The summed E-state index contributed by atoms with van der Waals surface area (Å²) >= 11 is 0. The largest absolute Gasteiger partial charge is 0.508 e. The van der Waals surface area contributed by atoms with Gasteiger partial charge in [0.15, 0.2) is 5.96 Å². The molecule has 6 nitrogen and oxygen atoms in total. The lowest BCUT2D eigenvalue weighted by Crippen LogP contribution is -2.48. The summed E-state index contributed by atoms with van der Waals surface area (Å²) in [6.07, 6.45) is 6.09. The van der Waals surface area contributed by atoms with Crippen molar-refractivity contribution in [3.63, 3.8) is 0 Å². The number of aryl methyl sites for hydroxylation is 1. The molecule has 7 heteroatoms. The van der Waals surface area contributed by atoms with Gasteiger partial charge in [0.2, 0.25) is 0 Å². The van der Waals surface area contributed by atoms with Crippen LogP contribution in [0.5, 0.6) is 5.75 Å². The Bertz CT molecular complexity index is 731. The number of benzene rings is 1. The number of aromatic hydroxyl groups is 1. The van der Waals surface area contributed by atoms with E-state index in [4.69, 9.17) is 0 Å². The van der Waals surface area contributed by atoms with Crippen molar-refractivity contribution >= 4 is 29.9 Å². The summed E-state index contributed by atoms with van der Waals surface area (Å²) in [7, 11) is 1.82. The molecule has 1 aromatic heterocycles. The zero-order valence-electron chi connectivity index (χ0n) is 17.1. The van der Waals surface area contributed by atoms with Crippen LogP contribution in [0, 0.1) is 0 Å². The van der Waals surface area contributed by atoms with Gasteiger partial charge in [-0.05, 0) is 55.5 Å². The van der Waals surface area contributed by atoms with Gasteiger partial charge in [0.05, 0.1) is 5.69 Å². The number of hydrogen-bond acceptors (Lipinski definition) is 4. The maximum absolute atomic E-state index is 9.34. The molecule has 0 saturated carbocycles. The van der Waals surface area contributed by atoms with E-state index in [1.54, 1.807) is 12.1 Å². The van der Waals surface area contributed by atoms with Crippen LogP contribution in [-0.4, -0.2) is 53.7 Å². The lowest BCUT2D eigenvalue weighted by atomic mass is 10.0. The first-order valence-corrected chi connectivity index (χ1v) is 10.1. The van der Waals surface area contributed by atoms with Gasteiger partial charge in [-0.25, -0.2) is 0 Å². The highest BCUT2D eigenvalue weighted by Crippen LogP contribution is 2.13. The maximum Gasteiger partial charge on any atom is 0.191 e. The van der Waals surface area contributed by atoms with Crippen LogP contribution in [0.2, 0.25) is 0 Å². The average molecular weight is 509 g/mol. The number of phenolic OH excluding ortho intramolecular Hbond substituents is 1. The number of hydrogen-bond donors (Lipinski definition) is 3. The minimum absolute atomic E-state index is 0. The van der Waals surface area contributed by atoms with Crippen LogP contribution >= 0.6 is 24.0 Å². The third-order valence-corrected chi connectivity index (χ3v) is 5.13. The molecule has 0 atom stereocenters. The number of guanidine groups is 1. The second kappa shape index (κ2) is 12.6. The van der Waals surface area contributed by atoms with Crippen molar-refractivity contribution in [3.05, 3.63) is 59.9 Å². The van der Waals surface area contributed by atoms with E-state index >= 15 is 0 Å². The molecule has 3 N–H and O–H groups in total. The van der Waals surface area contributed by atoms with Gasteiger partial charge in [0.25, 0.3) is 0 Å². The molecule has 1 saturated heterocycles. The number of phenols is 1. The van der Waals surface area contributed by atoms with Crippen LogP contribution < -0.4 is 10.6 Å². The molecule has 0 radical (unpaired) electrons. The molecule has 1 aliphatic rings. The standard InChI is InChI=1S/C22H31N5O.HI/c1-23-22(25-14-4-5-18-7-9-21(28)10-8-18)26-19-11-15-27(16-12-19)17-20-6-2-3-13-24-20;/h2-3,6-10,13,19,28H,4-5,11-12,14-17H2,1H3,(H2,23,25,26);1H. The van der Waals surface area contributed by atoms with E-state index in [1.807, 2.05) is 37.5 Å². The van der Waals surface area contributed by atoms with Gasteiger partial charge in [-0.15, -0.1) is 24.0 Å². The Labute approximate surface area is 190 Å². The van der Waals surface area contributed by atoms with E-state index < -0.39 is 0 Å². The predicted octanol–water partition coefficient (Wildman–Crippen LogP) is 3.17. The molecule has 1 aliphatic heterocycles. The molecule has 158 valence electrons. The van der Waals surface area contributed by atoms with Gasteiger partial charge in [-0.1, -0.05) is 18.2 Å². The third-order valence-electron chi connectivity index (χ3n) is 5.13. The Morgan fingerprint density at radius 3 is 2.59 bits per heavy atom. The number of aliphatic imine (C=N–C) groups is 1. The fourth-order valence-electron chi connectivity index (χ4n) is 3.51. The molecule has 0 bridgehead atoms. The van der Waals surface area contributed by atoms with Gasteiger partial charge >= 0.3 is 0 Å². The minimum atomic E-state index is 0. The first kappa shape index (κ1) is 23.4. The fourth-order valence-corrected chi connectivity index (χ4v) is 3.51. The smallest absolute Gasteiger partial charge is 0.191 e. The van der Waals surface area contributed by atoms with Crippen LogP contribution in [0.25, 0.3) is 0 Å². The molecular weight excluding hydrogens is 477 g/mol. The Kier molecular flexibility index (Phi) is 10.2. The molecule has 2 aromatic rings. The normalized spacial score (nSPS) is 15.6. The van der Waals surface area contributed by atoms with Crippen molar-refractivity contribution in [3.8, 4) is 5.75 Å². The van der Waals surface area contributed by atoms with Crippen LogP contribution in [-0.2, 0) is 13.0 Å². The number of aromatic nitrogens is 1. The predicted molar refractivity (Wildman–Crippen MR) is 129 cm³/mol. The van der Waals surface area contributed by atoms with Crippen LogP contribution in [0.1, 0.15) is 30.5 Å². The molecule has 1 aromatic carbocycles. The summed E-state index contributed by atoms with van der Waals surface area (Å²) in [5, 5.41) is 16.3. The summed E-state index contributed by atoms with van der Waals surface area (Å²) in [5.41, 5.74) is 2.38. The molecular formula is C22H32IN5O. The third kappa shape index (κ3) is 8.18. The number of likely N-dealkylation sites (tertiary alicyclic amines) is 1. The maximum atomic E-state index is 9.34. The molecule has 2 heterocycles. The van der Waals surface area contributed by atoms with E-state index in [9.17, 15) is 5.11 Å². The van der Waals surface area contributed by atoms with Gasteiger partial charge in [0.1, 0.15) is 5.75 Å².